The number of aromatic amines is 1. The number of aliphatic hydroxyl groups is 1. The van der Waals surface area contributed by atoms with Gasteiger partial charge in [0, 0.05) is 68.4 Å². The van der Waals surface area contributed by atoms with Gasteiger partial charge >= 0.3 is 0 Å². The molecular formula is C32H50N4O3. The van der Waals surface area contributed by atoms with E-state index in [9.17, 15) is 4.79 Å². The van der Waals surface area contributed by atoms with Crippen LogP contribution in [0.4, 0.5) is 0 Å². The third-order valence-corrected chi connectivity index (χ3v) is 7.22. The van der Waals surface area contributed by atoms with Crippen molar-refractivity contribution in [2.75, 3.05) is 39.5 Å². The summed E-state index contributed by atoms with van der Waals surface area (Å²) in [4.78, 5) is 17.6. The molecule has 2 aliphatic rings. The maximum Gasteiger partial charge on any atom is 0.209 e. The second kappa shape index (κ2) is 18.5. The number of H-pyrrole nitrogens is 1. The molecule has 0 saturated carbocycles. The van der Waals surface area contributed by atoms with E-state index in [0.717, 1.165) is 81.8 Å². The van der Waals surface area contributed by atoms with Crippen LogP contribution in [-0.4, -0.2) is 72.3 Å². The number of aliphatic imine (C=N–C) groups is 1. The summed E-state index contributed by atoms with van der Waals surface area (Å²) in [6, 6.07) is 8.53. The Morgan fingerprint density at radius 3 is 2.38 bits per heavy atom. The number of aryl methyl sites for hydroxylation is 1. The number of nitrogens with zero attached hydrogens (tertiary/aromatic N) is 3. The fraction of sp³-hybridized carbons (Fsp3) is 0.594. The molecule has 2 aromatic rings. The van der Waals surface area contributed by atoms with Gasteiger partial charge in [-0.2, -0.15) is 5.10 Å². The van der Waals surface area contributed by atoms with Crippen LogP contribution in [0.1, 0.15) is 89.0 Å². The van der Waals surface area contributed by atoms with Crippen molar-refractivity contribution in [2.24, 2.45) is 10.9 Å². The Morgan fingerprint density at radius 1 is 1.15 bits per heavy atom. The van der Waals surface area contributed by atoms with E-state index in [1.165, 1.54) is 29.7 Å². The number of hydrogen-bond donors (Lipinski definition) is 2. The van der Waals surface area contributed by atoms with E-state index < -0.39 is 0 Å². The molecule has 0 aliphatic carbocycles. The van der Waals surface area contributed by atoms with Crippen LogP contribution in [0.5, 0.6) is 0 Å². The molecule has 3 heterocycles. The monoisotopic (exact) mass is 538 g/mol. The van der Waals surface area contributed by atoms with Crippen molar-refractivity contribution in [1.82, 2.24) is 15.1 Å². The van der Waals surface area contributed by atoms with Crippen molar-refractivity contribution in [2.45, 2.75) is 79.1 Å². The Labute approximate surface area is 235 Å². The molecule has 2 aliphatic heterocycles. The molecule has 0 bridgehead atoms. The normalized spacial score (nSPS) is 17.9. The second-order valence-electron chi connectivity index (χ2n) is 10.4. The van der Waals surface area contributed by atoms with Crippen LogP contribution in [0.25, 0.3) is 16.8 Å². The first kappa shape index (κ1) is 32.4. The molecule has 1 unspecified atom stereocenters. The van der Waals surface area contributed by atoms with Gasteiger partial charge in [-0.1, -0.05) is 56.5 Å². The third kappa shape index (κ3) is 10.7. The fourth-order valence-electron chi connectivity index (χ4n) is 4.65. The van der Waals surface area contributed by atoms with Crippen LogP contribution in [0.3, 0.4) is 0 Å². The molecule has 216 valence electrons. The Hall–Kier alpha value is -2.77. The zero-order valence-corrected chi connectivity index (χ0v) is 24.8. The number of rotatable bonds is 9. The molecule has 1 amide bonds. The molecule has 39 heavy (non-hydrogen) atoms. The predicted molar refractivity (Wildman–Crippen MR) is 162 cm³/mol. The number of amides is 1. The number of benzene rings is 1. The quantitative estimate of drug-likeness (QED) is 0.284. The van der Waals surface area contributed by atoms with Gasteiger partial charge in [-0.15, -0.1) is 0 Å². The molecule has 4 rings (SSSR count). The number of likely N-dealkylation sites (tertiary alicyclic amines) is 1. The third-order valence-electron chi connectivity index (χ3n) is 7.22. The smallest absolute Gasteiger partial charge is 0.209 e. The van der Waals surface area contributed by atoms with Crippen LogP contribution >= 0.6 is 0 Å². The van der Waals surface area contributed by atoms with Crippen LogP contribution in [0, 0.1) is 12.8 Å². The van der Waals surface area contributed by atoms with Crippen molar-refractivity contribution >= 4 is 18.2 Å². The maximum atomic E-state index is 11.1. The molecule has 7 heteroatoms. The van der Waals surface area contributed by atoms with E-state index in [1.807, 2.05) is 11.1 Å². The second-order valence-corrected chi connectivity index (χ2v) is 10.4. The number of ether oxygens (including phenoxy) is 1. The molecule has 1 aromatic heterocycles. The Morgan fingerprint density at radius 2 is 1.82 bits per heavy atom. The SMILES string of the molecule is C/C(=C\C=NCCC1CCOC1)c1c(-c2ccc(C)cc2)n[nH]c1C1CCN(C=O)CC1.CCCC.CCO. The molecule has 2 saturated heterocycles. The lowest BCUT2D eigenvalue weighted by atomic mass is 9.87. The van der Waals surface area contributed by atoms with E-state index in [-0.39, 0.29) is 6.61 Å². The zero-order chi connectivity index (χ0) is 28.5. The van der Waals surface area contributed by atoms with Gasteiger partial charge in [-0.3, -0.25) is 14.9 Å². The van der Waals surface area contributed by atoms with Gasteiger partial charge in [0.05, 0.1) is 5.69 Å². The summed E-state index contributed by atoms with van der Waals surface area (Å²) in [6.45, 7) is 14.7. The summed E-state index contributed by atoms with van der Waals surface area (Å²) in [6.07, 6.45) is 11.8. The molecule has 7 nitrogen and oxygen atoms in total. The van der Waals surface area contributed by atoms with E-state index in [0.29, 0.717) is 11.8 Å². The van der Waals surface area contributed by atoms with E-state index >= 15 is 0 Å². The standard InChI is InChI=1S/C26H34N4O2.C4H10.C2H6O/c1-19-3-5-22(6-4-19)25-24(20(2)7-12-27-13-8-21-11-16-32-17-21)26(29-28-25)23-9-14-30(18-31)15-10-23;1-3-4-2;1-2-3/h3-7,12,18,21,23H,8-11,13-17H2,1-2H3,(H,28,29);3-4H2,1-2H3;3H,2H2,1H3/b20-7+,27-12?;;. The number of aromatic nitrogens is 2. The summed E-state index contributed by atoms with van der Waals surface area (Å²) >= 11 is 0. The number of carbonyl (C=O) groups is 1. The van der Waals surface area contributed by atoms with Crippen molar-refractivity contribution in [3.05, 3.63) is 47.2 Å². The van der Waals surface area contributed by atoms with E-state index in [1.54, 1.807) is 6.92 Å². The fourth-order valence-corrected chi connectivity index (χ4v) is 4.65. The van der Waals surface area contributed by atoms with Crippen LogP contribution < -0.4 is 0 Å². The first-order chi connectivity index (χ1) is 19.0. The van der Waals surface area contributed by atoms with Gasteiger partial charge < -0.3 is 14.7 Å². The number of allylic oxidation sites excluding steroid dienone is 2. The largest absolute Gasteiger partial charge is 0.397 e. The highest BCUT2D eigenvalue weighted by Gasteiger charge is 2.26. The summed E-state index contributed by atoms with van der Waals surface area (Å²) < 4.78 is 5.45. The van der Waals surface area contributed by atoms with Gasteiger partial charge in [0.25, 0.3) is 0 Å². The van der Waals surface area contributed by atoms with Crippen molar-refractivity contribution in [3.8, 4) is 11.3 Å². The lowest BCUT2D eigenvalue weighted by Crippen LogP contribution is -2.32. The number of aliphatic hydroxyl groups excluding tert-OH is 1. The first-order valence-electron chi connectivity index (χ1n) is 14.7. The minimum Gasteiger partial charge on any atom is -0.397 e. The highest BCUT2D eigenvalue weighted by molar-refractivity contribution is 5.89. The van der Waals surface area contributed by atoms with Crippen LogP contribution in [-0.2, 0) is 9.53 Å². The Kier molecular flexibility index (Phi) is 15.4. The molecule has 1 aromatic carbocycles. The minimum absolute atomic E-state index is 0.250. The molecule has 2 fully saturated rings. The molecule has 1 atom stereocenters. The number of carbonyl (C=O) groups excluding carboxylic acids is 1. The van der Waals surface area contributed by atoms with Gasteiger partial charge in [0.2, 0.25) is 6.41 Å². The average molecular weight is 539 g/mol. The number of hydrogen-bond acceptors (Lipinski definition) is 5. The van der Waals surface area contributed by atoms with Gasteiger partial charge in [-0.25, -0.2) is 0 Å². The molecule has 0 radical (unpaired) electrons. The van der Waals surface area contributed by atoms with Gasteiger partial charge in [0.1, 0.15) is 0 Å². The highest BCUT2D eigenvalue weighted by Crippen LogP contribution is 2.37. The summed E-state index contributed by atoms with van der Waals surface area (Å²) in [5, 5.41) is 15.7. The van der Waals surface area contributed by atoms with Crippen molar-refractivity contribution in [3.63, 3.8) is 0 Å². The number of unbranched alkanes of at least 4 members (excludes halogenated alkanes) is 1. The number of nitrogens with one attached hydrogen (secondary N) is 1. The lowest BCUT2D eigenvalue weighted by Gasteiger charge is -2.29. The van der Waals surface area contributed by atoms with E-state index in [2.05, 4.69) is 68.1 Å². The first-order valence-corrected chi connectivity index (χ1v) is 14.7. The average Bonchev–Trinajstić information content (AvgIpc) is 3.64. The summed E-state index contributed by atoms with van der Waals surface area (Å²) in [5.41, 5.74) is 6.85. The van der Waals surface area contributed by atoms with Crippen LogP contribution in [0.15, 0.2) is 35.3 Å². The zero-order valence-electron chi connectivity index (χ0n) is 24.8. The van der Waals surface area contributed by atoms with Gasteiger partial charge in [0.15, 0.2) is 0 Å². The van der Waals surface area contributed by atoms with Crippen LogP contribution in [0.2, 0.25) is 0 Å². The van der Waals surface area contributed by atoms with Crippen molar-refractivity contribution in [1.29, 1.82) is 0 Å². The summed E-state index contributed by atoms with van der Waals surface area (Å²) in [7, 11) is 0. The van der Waals surface area contributed by atoms with Gasteiger partial charge in [-0.05, 0) is 64.0 Å². The maximum absolute atomic E-state index is 11.1. The predicted octanol–water partition coefficient (Wildman–Crippen LogP) is 6.43. The number of piperidine rings is 1. The lowest BCUT2D eigenvalue weighted by molar-refractivity contribution is -0.119. The highest BCUT2D eigenvalue weighted by atomic mass is 16.5. The molecule has 0 spiro atoms. The van der Waals surface area contributed by atoms with E-state index in [4.69, 9.17) is 14.9 Å². The Bertz CT molecular complexity index is 997. The summed E-state index contributed by atoms with van der Waals surface area (Å²) in [5.74, 6) is 1.03. The Balaban J connectivity index is 0.000000686. The topological polar surface area (TPSA) is 90.8 Å². The molecule has 2 N–H and O–H groups in total. The minimum atomic E-state index is 0.250. The molecular weight excluding hydrogens is 488 g/mol. The van der Waals surface area contributed by atoms with Crippen molar-refractivity contribution < 1.29 is 14.6 Å².